The minimum atomic E-state index is -1.05. The van der Waals surface area contributed by atoms with Crippen molar-refractivity contribution in [3.8, 4) is 22.6 Å². The Labute approximate surface area is 299 Å². The van der Waals surface area contributed by atoms with Crippen LogP contribution in [0.3, 0.4) is 0 Å². The number of unbranched alkanes of at least 4 members (excludes halogenated alkanes) is 1. The summed E-state index contributed by atoms with van der Waals surface area (Å²) >= 11 is 0. The predicted molar refractivity (Wildman–Crippen MR) is 189 cm³/mol. The molecule has 4 heterocycles. The van der Waals surface area contributed by atoms with E-state index in [2.05, 4.69) is 20.9 Å². The summed E-state index contributed by atoms with van der Waals surface area (Å²) in [5, 5.41) is 8.83. The van der Waals surface area contributed by atoms with Gasteiger partial charge in [-0.2, -0.15) is 0 Å². The van der Waals surface area contributed by atoms with Gasteiger partial charge < -0.3 is 24.9 Å². The predicted octanol–water partition coefficient (Wildman–Crippen LogP) is 5.23. The van der Waals surface area contributed by atoms with Gasteiger partial charge in [-0.1, -0.05) is 0 Å². The van der Waals surface area contributed by atoms with E-state index in [1.165, 1.54) is 16.7 Å². The number of hydrogen-bond donors (Lipinski definition) is 4. The number of imide groups is 2. The lowest BCUT2D eigenvalue weighted by Crippen LogP contribution is -2.54. The third-order valence-corrected chi connectivity index (χ3v) is 9.16. The van der Waals surface area contributed by atoms with E-state index in [0.717, 1.165) is 11.0 Å². The number of rotatable bonds is 11. The Morgan fingerprint density at radius 2 is 1.62 bits per heavy atom. The molecule has 0 spiro atoms. The van der Waals surface area contributed by atoms with Crippen LogP contribution in [0.5, 0.6) is 11.5 Å². The molecule has 5 aromatic rings. The van der Waals surface area contributed by atoms with Crippen LogP contribution in [0.25, 0.3) is 22.0 Å². The number of nitrogens with one attached hydrogen (secondary N) is 4. The number of carbonyl (C=O) groups excluding carboxylic acids is 5. The molecule has 1 atom stereocenters. The number of H-pyrrole nitrogens is 1. The fraction of sp³-hybridized carbons (Fsp3) is 0.211. The monoisotopic (exact) mass is 722 g/mol. The molecule has 2 aromatic heterocycles. The molecule has 0 aliphatic carbocycles. The fourth-order valence-corrected chi connectivity index (χ4v) is 6.52. The van der Waals surface area contributed by atoms with Gasteiger partial charge in [-0.25, -0.2) is 8.78 Å². The first-order valence-electron chi connectivity index (χ1n) is 16.8. The van der Waals surface area contributed by atoms with Crippen molar-refractivity contribution in [2.75, 3.05) is 17.2 Å². The first-order valence-corrected chi connectivity index (χ1v) is 16.8. The quantitative estimate of drug-likeness (QED) is 0.106. The Morgan fingerprint density at radius 3 is 2.42 bits per heavy atom. The maximum absolute atomic E-state index is 14.6. The lowest BCUT2D eigenvalue weighted by atomic mass is 10.0. The van der Waals surface area contributed by atoms with Crippen molar-refractivity contribution in [2.45, 2.75) is 38.1 Å². The van der Waals surface area contributed by atoms with Crippen molar-refractivity contribution >= 4 is 51.8 Å². The molecule has 1 unspecified atom stereocenters. The van der Waals surface area contributed by atoms with Crippen LogP contribution in [-0.4, -0.2) is 56.6 Å². The Kier molecular flexibility index (Phi) is 9.30. The average Bonchev–Trinajstić information content (AvgIpc) is 3.71. The van der Waals surface area contributed by atoms with Crippen LogP contribution in [0.2, 0.25) is 0 Å². The summed E-state index contributed by atoms with van der Waals surface area (Å²) in [6.45, 7) is 0.459. The summed E-state index contributed by atoms with van der Waals surface area (Å²) in [5.41, 5.74) is 2.48. The van der Waals surface area contributed by atoms with Crippen molar-refractivity contribution in [2.24, 2.45) is 7.05 Å². The largest absolute Gasteiger partial charge is 0.454 e. The van der Waals surface area contributed by atoms with Gasteiger partial charge in [-0.3, -0.25) is 39.0 Å². The first-order chi connectivity index (χ1) is 25.5. The molecule has 15 heteroatoms. The van der Waals surface area contributed by atoms with Gasteiger partial charge in [-0.15, -0.1) is 0 Å². The number of aromatic nitrogens is 2. The van der Waals surface area contributed by atoms with E-state index in [1.807, 2.05) is 0 Å². The van der Waals surface area contributed by atoms with E-state index in [4.69, 9.17) is 4.74 Å². The molecule has 3 aromatic carbocycles. The van der Waals surface area contributed by atoms with Gasteiger partial charge in [0.05, 0.1) is 11.1 Å². The molecule has 13 nitrogen and oxygen atoms in total. The molecule has 270 valence electrons. The van der Waals surface area contributed by atoms with Crippen molar-refractivity contribution < 1.29 is 37.5 Å². The summed E-state index contributed by atoms with van der Waals surface area (Å²) in [7, 11) is 1.59. The van der Waals surface area contributed by atoms with E-state index >= 15 is 0 Å². The second kappa shape index (κ2) is 14.2. The zero-order valence-electron chi connectivity index (χ0n) is 28.3. The third-order valence-electron chi connectivity index (χ3n) is 9.16. The molecule has 5 amide bonds. The van der Waals surface area contributed by atoms with E-state index in [1.54, 1.807) is 55.8 Å². The highest BCUT2D eigenvalue weighted by molar-refractivity contribution is 6.23. The van der Waals surface area contributed by atoms with Gasteiger partial charge in [-0.05, 0) is 73.9 Å². The van der Waals surface area contributed by atoms with E-state index in [9.17, 15) is 37.5 Å². The summed E-state index contributed by atoms with van der Waals surface area (Å²) in [5.74, 6) is -4.22. The molecule has 0 bridgehead atoms. The second-order valence-electron chi connectivity index (χ2n) is 12.8. The third kappa shape index (κ3) is 6.88. The van der Waals surface area contributed by atoms with Crippen LogP contribution in [0.15, 0.2) is 77.9 Å². The van der Waals surface area contributed by atoms with Crippen LogP contribution in [0.1, 0.15) is 52.8 Å². The van der Waals surface area contributed by atoms with Crippen LogP contribution < -0.4 is 26.2 Å². The molecule has 53 heavy (non-hydrogen) atoms. The van der Waals surface area contributed by atoms with Crippen molar-refractivity contribution in [1.82, 2.24) is 19.8 Å². The number of nitrogens with zero attached hydrogens (tertiary/aromatic N) is 2. The van der Waals surface area contributed by atoms with Crippen molar-refractivity contribution in [3.63, 3.8) is 0 Å². The smallest absolute Gasteiger partial charge is 0.274 e. The van der Waals surface area contributed by atoms with Gasteiger partial charge >= 0.3 is 0 Å². The number of carbonyl (C=O) groups is 5. The Morgan fingerprint density at radius 1 is 0.868 bits per heavy atom. The number of pyridine rings is 1. The Hall–Kier alpha value is -6.64. The maximum Gasteiger partial charge on any atom is 0.274 e. The highest BCUT2D eigenvalue weighted by Crippen LogP contribution is 2.39. The van der Waals surface area contributed by atoms with Crippen LogP contribution in [0, 0.1) is 11.6 Å². The molecule has 2 aliphatic rings. The first kappa shape index (κ1) is 34.8. The molecule has 2 aliphatic heterocycles. The van der Waals surface area contributed by atoms with Crippen molar-refractivity contribution in [3.05, 3.63) is 106 Å². The number of halogens is 2. The molecular weight excluding hydrogens is 690 g/mol. The van der Waals surface area contributed by atoms with Gasteiger partial charge in [0.1, 0.15) is 23.1 Å². The molecule has 1 fully saturated rings. The van der Waals surface area contributed by atoms with Crippen LogP contribution >= 0.6 is 0 Å². The van der Waals surface area contributed by atoms with E-state index in [-0.39, 0.29) is 53.4 Å². The summed E-state index contributed by atoms with van der Waals surface area (Å²) in [6, 6.07) is 13.2. The lowest BCUT2D eigenvalue weighted by molar-refractivity contribution is -0.136. The highest BCUT2D eigenvalue weighted by Gasteiger charge is 2.44. The van der Waals surface area contributed by atoms with Gasteiger partial charge in [0.25, 0.3) is 17.4 Å². The number of piperidine rings is 1. The number of benzene rings is 3. The lowest BCUT2D eigenvalue weighted by Gasteiger charge is -2.27. The number of aromatic amines is 1. The molecule has 7 rings (SSSR count). The molecule has 1 saturated heterocycles. The van der Waals surface area contributed by atoms with Crippen molar-refractivity contribution in [1.29, 1.82) is 0 Å². The topological polar surface area (TPSA) is 172 Å². The van der Waals surface area contributed by atoms with Gasteiger partial charge in [0.15, 0.2) is 11.6 Å². The molecule has 0 saturated carbocycles. The number of ether oxygens (including phenoxy) is 1. The molecule has 0 radical (unpaired) electrons. The number of hydrogen-bond acceptors (Lipinski definition) is 8. The highest BCUT2D eigenvalue weighted by atomic mass is 19.1. The maximum atomic E-state index is 14.6. The number of aryl methyl sites for hydroxylation is 1. The minimum absolute atomic E-state index is 0.0340. The van der Waals surface area contributed by atoms with Gasteiger partial charge in [0, 0.05) is 72.8 Å². The SMILES string of the molecule is Cn1cc(-c2cc(NC(=O)CCCCNc3ccc4c(c3)C(=O)N(C3CCC(=O)NC3=O)C4=O)ccc2Oc2ccc(F)cc2F)c2cc[nH]c2c1=O. The van der Waals surface area contributed by atoms with E-state index < -0.39 is 41.3 Å². The molecular formula is C38H32F2N6O7. The number of fused-ring (bicyclic) bond motifs is 2. The Balaban J connectivity index is 0.989. The zero-order valence-corrected chi connectivity index (χ0v) is 28.3. The normalized spacial score (nSPS) is 15.5. The van der Waals surface area contributed by atoms with E-state index in [0.29, 0.717) is 58.9 Å². The van der Waals surface area contributed by atoms with Crippen LogP contribution in [0.4, 0.5) is 20.2 Å². The molecule has 4 N–H and O–H groups in total. The summed E-state index contributed by atoms with van der Waals surface area (Å²) in [4.78, 5) is 79.5. The second-order valence-corrected chi connectivity index (χ2v) is 12.8. The van der Waals surface area contributed by atoms with Gasteiger partial charge in [0.2, 0.25) is 17.7 Å². The Bertz CT molecular complexity index is 2400. The number of anilines is 2. The zero-order chi connectivity index (χ0) is 37.4. The number of amides is 5. The van der Waals surface area contributed by atoms with Crippen LogP contribution in [-0.2, 0) is 21.4 Å². The average molecular weight is 723 g/mol. The standard InChI is InChI=1S/C38H32F2N6O7/c1-45-19-27(23-13-15-42-34(23)38(45)52)25-18-22(7-11-30(25)53-31-10-5-20(39)16-28(31)40)43-32(47)4-2-3-14-41-21-6-8-24-26(17-21)37(51)46(36(24)50)29-9-12-33(48)44-35(29)49/h5-8,10-11,13,15-19,29,41-42H,2-4,9,12,14H2,1H3,(H,43,47)(H,44,48,49). The minimum Gasteiger partial charge on any atom is -0.454 e. The summed E-state index contributed by atoms with van der Waals surface area (Å²) < 4.78 is 35.4. The summed E-state index contributed by atoms with van der Waals surface area (Å²) in [6.07, 6.45) is 4.61. The fourth-order valence-electron chi connectivity index (χ4n) is 6.52.